The van der Waals surface area contributed by atoms with Gasteiger partial charge in [0.25, 0.3) is 0 Å². The van der Waals surface area contributed by atoms with Gasteiger partial charge in [0.2, 0.25) is 0 Å². The van der Waals surface area contributed by atoms with E-state index in [1.54, 1.807) is 0 Å². The molecule has 0 aromatic rings. The van der Waals surface area contributed by atoms with Crippen molar-refractivity contribution in [1.29, 1.82) is 0 Å². The third kappa shape index (κ3) is 2.28. The van der Waals surface area contributed by atoms with E-state index in [1.807, 2.05) is 0 Å². The van der Waals surface area contributed by atoms with Crippen molar-refractivity contribution in [2.24, 2.45) is 5.41 Å². The SMILES string of the molecule is CC1(C)OB(C2=CC[C@@]3(CCOC3)CC2)OC1(C)C. The number of allylic oxidation sites excluding steroid dienone is 2. The average Bonchev–Trinajstić information content (AvgIpc) is 2.84. The molecule has 3 aliphatic rings. The molecule has 3 rings (SSSR count). The Balaban J connectivity index is 1.70. The Morgan fingerprint density at radius 1 is 1.05 bits per heavy atom. The summed E-state index contributed by atoms with van der Waals surface area (Å²) in [6.45, 7) is 10.3. The summed E-state index contributed by atoms with van der Waals surface area (Å²) < 4.78 is 17.8. The lowest BCUT2D eigenvalue weighted by Crippen LogP contribution is -2.41. The lowest BCUT2D eigenvalue weighted by molar-refractivity contribution is 0.00578. The van der Waals surface area contributed by atoms with Gasteiger partial charge in [-0.25, -0.2) is 0 Å². The summed E-state index contributed by atoms with van der Waals surface area (Å²) >= 11 is 0. The summed E-state index contributed by atoms with van der Waals surface area (Å²) in [4.78, 5) is 0. The molecule has 0 saturated carbocycles. The highest BCUT2D eigenvalue weighted by Crippen LogP contribution is 2.45. The topological polar surface area (TPSA) is 27.7 Å². The summed E-state index contributed by atoms with van der Waals surface area (Å²) in [5, 5.41) is 0. The smallest absolute Gasteiger partial charge is 0.400 e. The van der Waals surface area contributed by atoms with Crippen LogP contribution < -0.4 is 0 Å². The summed E-state index contributed by atoms with van der Waals surface area (Å²) in [5.74, 6) is 0. The Bertz CT molecular complexity index is 378. The van der Waals surface area contributed by atoms with E-state index in [1.165, 1.54) is 18.3 Å². The maximum absolute atomic E-state index is 6.13. The van der Waals surface area contributed by atoms with Gasteiger partial charge >= 0.3 is 7.12 Å². The van der Waals surface area contributed by atoms with Gasteiger partial charge in [0, 0.05) is 6.61 Å². The van der Waals surface area contributed by atoms with E-state index in [-0.39, 0.29) is 18.3 Å². The van der Waals surface area contributed by atoms with E-state index >= 15 is 0 Å². The molecule has 1 aliphatic carbocycles. The Morgan fingerprint density at radius 3 is 2.21 bits per heavy atom. The molecular formula is C15H25BO3. The molecule has 0 bridgehead atoms. The van der Waals surface area contributed by atoms with Crippen molar-refractivity contribution >= 4 is 7.12 Å². The number of hydrogen-bond donors (Lipinski definition) is 0. The number of rotatable bonds is 1. The highest BCUT2D eigenvalue weighted by atomic mass is 16.7. The van der Waals surface area contributed by atoms with Crippen LogP contribution in [0.15, 0.2) is 11.5 Å². The van der Waals surface area contributed by atoms with Crippen molar-refractivity contribution < 1.29 is 14.0 Å². The molecule has 2 saturated heterocycles. The fourth-order valence-corrected chi connectivity index (χ4v) is 3.18. The highest BCUT2D eigenvalue weighted by molar-refractivity contribution is 6.54. The van der Waals surface area contributed by atoms with E-state index in [2.05, 4.69) is 33.8 Å². The van der Waals surface area contributed by atoms with Crippen molar-refractivity contribution in [2.45, 2.75) is 64.6 Å². The van der Waals surface area contributed by atoms with Crippen LogP contribution in [0.1, 0.15) is 53.4 Å². The van der Waals surface area contributed by atoms with Crippen molar-refractivity contribution in [3.63, 3.8) is 0 Å². The lowest BCUT2D eigenvalue weighted by atomic mass is 9.65. The van der Waals surface area contributed by atoms with Crippen LogP contribution in [0.5, 0.6) is 0 Å². The summed E-state index contributed by atoms with van der Waals surface area (Å²) in [7, 11) is -0.148. The van der Waals surface area contributed by atoms with Crippen molar-refractivity contribution in [1.82, 2.24) is 0 Å². The first-order chi connectivity index (χ1) is 8.84. The molecule has 2 aliphatic heterocycles. The van der Waals surface area contributed by atoms with Gasteiger partial charge < -0.3 is 14.0 Å². The zero-order valence-corrected chi connectivity index (χ0v) is 12.6. The minimum Gasteiger partial charge on any atom is -0.400 e. The van der Waals surface area contributed by atoms with Crippen molar-refractivity contribution in [3.8, 4) is 0 Å². The Hall–Kier alpha value is -0.315. The fraction of sp³-hybridized carbons (Fsp3) is 0.867. The molecule has 106 valence electrons. The maximum Gasteiger partial charge on any atom is 0.490 e. The zero-order valence-electron chi connectivity index (χ0n) is 12.6. The van der Waals surface area contributed by atoms with Gasteiger partial charge in [0.1, 0.15) is 0 Å². The van der Waals surface area contributed by atoms with Gasteiger partial charge in [-0.15, -0.1) is 0 Å². The molecule has 4 heteroatoms. The molecular weight excluding hydrogens is 239 g/mol. The lowest BCUT2D eigenvalue weighted by Gasteiger charge is -2.32. The van der Waals surface area contributed by atoms with Crippen LogP contribution in [0.3, 0.4) is 0 Å². The first-order valence-electron chi connectivity index (χ1n) is 7.46. The predicted molar refractivity (Wildman–Crippen MR) is 75.9 cm³/mol. The van der Waals surface area contributed by atoms with Crippen LogP contribution in [0, 0.1) is 5.41 Å². The van der Waals surface area contributed by atoms with Crippen LogP contribution in [0.4, 0.5) is 0 Å². The number of ether oxygens (including phenoxy) is 1. The molecule has 2 fully saturated rings. The third-order valence-corrected chi connectivity index (χ3v) is 5.48. The Kier molecular flexibility index (Phi) is 3.12. The predicted octanol–water partition coefficient (Wildman–Crippen LogP) is 3.13. The minimum atomic E-state index is -0.232. The molecule has 0 radical (unpaired) electrons. The van der Waals surface area contributed by atoms with E-state index in [0.717, 1.165) is 26.1 Å². The normalized spacial score (nSPS) is 36.8. The molecule has 19 heavy (non-hydrogen) atoms. The van der Waals surface area contributed by atoms with E-state index in [9.17, 15) is 0 Å². The molecule has 3 nitrogen and oxygen atoms in total. The fourth-order valence-electron chi connectivity index (χ4n) is 3.18. The zero-order chi connectivity index (χ0) is 13.7. The first-order valence-corrected chi connectivity index (χ1v) is 7.46. The van der Waals surface area contributed by atoms with Gasteiger partial charge in [-0.05, 0) is 64.3 Å². The quantitative estimate of drug-likeness (QED) is 0.681. The van der Waals surface area contributed by atoms with Gasteiger partial charge in [-0.1, -0.05) is 6.08 Å². The third-order valence-electron chi connectivity index (χ3n) is 5.48. The molecule has 1 spiro atoms. The summed E-state index contributed by atoms with van der Waals surface area (Å²) in [6.07, 6.45) is 6.97. The summed E-state index contributed by atoms with van der Waals surface area (Å²) in [5.41, 5.74) is 1.28. The molecule has 0 aromatic carbocycles. The molecule has 0 amide bonds. The molecule has 0 N–H and O–H groups in total. The molecule has 2 heterocycles. The highest BCUT2D eigenvalue weighted by Gasteiger charge is 2.53. The molecule has 0 aromatic heterocycles. The van der Waals surface area contributed by atoms with Crippen LogP contribution in [0.2, 0.25) is 0 Å². The standard InChI is InChI=1S/C15H25BO3/c1-13(2)14(3,4)19-16(18-13)12-5-7-15(8-6-12)9-10-17-11-15/h5H,6-11H2,1-4H3/t15-/m0/s1. The first kappa shape index (κ1) is 13.7. The number of hydrogen-bond acceptors (Lipinski definition) is 3. The average molecular weight is 264 g/mol. The van der Waals surface area contributed by atoms with Gasteiger partial charge in [-0.2, -0.15) is 0 Å². The second-order valence-corrected chi connectivity index (χ2v) is 7.37. The second kappa shape index (κ2) is 4.34. The van der Waals surface area contributed by atoms with E-state index in [0.29, 0.717) is 5.41 Å². The van der Waals surface area contributed by atoms with Crippen LogP contribution >= 0.6 is 0 Å². The van der Waals surface area contributed by atoms with Crippen LogP contribution in [-0.4, -0.2) is 31.5 Å². The van der Waals surface area contributed by atoms with Crippen molar-refractivity contribution in [2.75, 3.05) is 13.2 Å². The van der Waals surface area contributed by atoms with Crippen LogP contribution in [0.25, 0.3) is 0 Å². The second-order valence-electron chi connectivity index (χ2n) is 7.37. The van der Waals surface area contributed by atoms with Crippen LogP contribution in [-0.2, 0) is 14.0 Å². The molecule has 0 unspecified atom stereocenters. The largest absolute Gasteiger partial charge is 0.490 e. The van der Waals surface area contributed by atoms with Crippen molar-refractivity contribution in [3.05, 3.63) is 11.5 Å². The van der Waals surface area contributed by atoms with E-state index in [4.69, 9.17) is 14.0 Å². The Morgan fingerprint density at radius 2 is 1.74 bits per heavy atom. The minimum absolute atomic E-state index is 0.148. The Labute approximate surface area is 116 Å². The van der Waals surface area contributed by atoms with Gasteiger partial charge in [-0.3, -0.25) is 0 Å². The van der Waals surface area contributed by atoms with E-state index < -0.39 is 0 Å². The monoisotopic (exact) mass is 264 g/mol. The molecule has 1 atom stereocenters. The van der Waals surface area contributed by atoms with Gasteiger partial charge in [0.15, 0.2) is 0 Å². The maximum atomic E-state index is 6.13. The summed E-state index contributed by atoms with van der Waals surface area (Å²) in [6, 6.07) is 0. The van der Waals surface area contributed by atoms with Gasteiger partial charge in [0.05, 0.1) is 17.8 Å².